The lowest BCUT2D eigenvalue weighted by Gasteiger charge is -2.10. The van der Waals surface area contributed by atoms with E-state index >= 15 is 0 Å². The SMILES string of the molecule is COc1ccc(-c2ccc(C)c(NC(=O)c3cc(C)[nH]n3)c2)cn1. The fraction of sp³-hybridized carbons (Fsp3) is 0.167. The molecule has 0 radical (unpaired) electrons. The van der Waals surface area contributed by atoms with Crippen LogP contribution in [0.3, 0.4) is 0 Å². The summed E-state index contributed by atoms with van der Waals surface area (Å²) in [7, 11) is 1.58. The first-order chi connectivity index (χ1) is 11.6. The molecule has 6 heteroatoms. The predicted octanol–water partition coefficient (Wildman–Crippen LogP) is 3.35. The zero-order valence-corrected chi connectivity index (χ0v) is 13.8. The molecule has 0 saturated heterocycles. The van der Waals surface area contributed by atoms with Crippen LogP contribution in [0.4, 0.5) is 5.69 Å². The number of pyridine rings is 1. The maximum atomic E-state index is 12.3. The van der Waals surface area contributed by atoms with Crippen molar-refractivity contribution in [3.05, 3.63) is 59.5 Å². The lowest BCUT2D eigenvalue weighted by Crippen LogP contribution is -2.13. The van der Waals surface area contributed by atoms with Gasteiger partial charge in [0.1, 0.15) is 0 Å². The minimum atomic E-state index is -0.243. The number of aromatic nitrogens is 3. The standard InChI is InChI=1S/C18H18N4O2/c1-11-4-5-13(14-6-7-17(24-3)19-10-14)9-15(11)20-18(23)16-8-12(2)21-22-16/h4-10H,1-3H3,(H,20,23)(H,21,22). The van der Waals surface area contributed by atoms with Crippen LogP contribution in [0.5, 0.6) is 5.88 Å². The third-order valence-electron chi connectivity index (χ3n) is 3.70. The Hall–Kier alpha value is -3.15. The summed E-state index contributed by atoms with van der Waals surface area (Å²) < 4.78 is 5.07. The quantitative estimate of drug-likeness (QED) is 0.772. The number of ether oxygens (including phenoxy) is 1. The van der Waals surface area contributed by atoms with E-state index in [0.717, 1.165) is 28.1 Å². The number of methoxy groups -OCH3 is 1. The van der Waals surface area contributed by atoms with Crippen LogP contribution >= 0.6 is 0 Å². The molecule has 24 heavy (non-hydrogen) atoms. The van der Waals surface area contributed by atoms with Crippen LogP contribution in [0, 0.1) is 13.8 Å². The van der Waals surface area contributed by atoms with E-state index in [0.29, 0.717) is 11.6 Å². The summed E-state index contributed by atoms with van der Waals surface area (Å²) in [5.74, 6) is 0.320. The lowest BCUT2D eigenvalue weighted by molar-refractivity contribution is 0.102. The first-order valence-corrected chi connectivity index (χ1v) is 7.51. The molecule has 0 unspecified atom stereocenters. The Morgan fingerprint density at radius 1 is 1.12 bits per heavy atom. The minimum absolute atomic E-state index is 0.243. The summed E-state index contributed by atoms with van der Waals surface area (Å²) in [4.78, 5) is 16.5. The van der Waals surface area contributed by atoms with Crippen LogP contribution < -0.4 is 10.1 Å². The van der Waals surface area contributed by atoms with Gasteiger partial charge in [-0.1, -0.05) is 12.1 Å². The summed E-state index contributed by atoms with van der Waals surface area (Å²) in [6.07, 6.45) is 1.74. The van der Waals surface area contributed by atoms with E-state index in [1.807, 2.05) is 38.1 Å². The van der Waals surface area contributed by atoms with E-state index in [1.165, 1.54) is 0 Å². The summed E-state index contributed by atoms with van der Waals surface area (Å²) >= 11 is 0. The van der Waals surface area contributed by atoms with Crippen LogP contribution in [0.2, 0.25) is 0 Å². The number of aromatic amines is 1. The number of carbonyl (C=O) groups is 1. The molecule has 6 nitrogen and oxygen atoms in total. The fourth-order valence-electron chi connectivity index (χ4n) is 2.33. The second-order valence-electron chi connectivity index (χ2n) is 5.51. The van der Waals surface area contributed by atoms with E-state index in [2.05, 4.69) is 20.5 Å². The van der Waals surface area contributed by atoms with Gasteiger partial charge in [0.15, 0.2) is 5.69 Å². The van der Waals surface area contributed by atoms with Gasteiger partial charge in [0.25, 0.3) is 5.91 Å². The molecule has 0 aliphatic rings. The molecular formula is C18H18N4O2. The molecule has 3 rings (SSSR count). The van der Waals surface area contributed by atoms with Gasteiger partial charge >= 0.3 is 0 Å². The number of rotatable bonds is 4. The van der Waals surface area contributed by atoms with Crippen molar-refractivity contribution >= 4 is 11.6 Å². The van der Waals surface area contributed by atoms with Gasteiger partial charge in [-0.05, 0) is 43.2 Å². The number of benzene rings is 1. The second kappa shape index (κ2) is 6.54. The maximum absolute atomic E-state index is 12.3. The highest BCUT2D eigenvalue weighted by Crippen LogP contribution is 2.26. The van der Waals surface area contributed by atoms with E-state index < -0.39 is 0 Å². The summed E-state index contributed by atoms with van der Waals surface area (Å²) in [6, 6.07) is 11.3. The number of H-pyrrole nitrogens is 1. The molecule has 0 fully saturated rings. The van der Waals surface area contributed by atoms with Crippen molar-refractivity contribution in [3.8, 4) is 17.0 Å². The van der Waals surface area contributed by atoms with Gasteiger partial charge < -0.3 is 10.1 Å². The number of anilines is 1. The Morgan fingerprint density at radius 3 is 2.54 bits per heavy atom. The first kappa shape index (κ1) is 15.7. The molecule has 2 N–H and O–H groups in total. The van der Waals surface area contributed by atoms with Gasteiger partial charge in [-0.15, -0.1) is 0 Å². The van der Waals surface area contributed by atoms with Gasteiger partial charge in [0, 0.05) is 29.2 Å². The molecule has 122 valence electrons. The first-order valence-electron chi connectivity index (χ1n) is 7.51. The number of hydrogen-bond acceptors (Lipinski definition) is 4. The molecule has 1 aromatic carbocycles. The highest BCUT2D eigenvalue weighted by atomic mass is 16.5. The van der Waals surface area contributed by atoms with Crippen molar-refractivity contribution in [1.29, 1.82) is 0 Å². The van der Waals surface area contributed by atoms with E-state index in [4.69, 9.17) is 4.74 Å². The van der Waals surface area contributed by atoms with Crippen LogP contribution in [0.1, 0.15) is 21.7 Å². The van der Waals surface area contributed by atoms with E-state index in [-0.39, 0.29) is 5.91 Å². The molecule has 1 amide bonds. The molecule has 0 saturated carbocycles. The van der Waals surface area contributed by atoms with Crippen molar-refractivity contribution in [1.82, 2.24) is 15.2 Å². The average molecular weight is 322 g/mol. The molecule has 0 aliphatic heterocycles. The highest BCUT2D eigenvalue weighted by Gasteiger charge is 2.12. The Kier molecular flexibility index (Phi) is 4.29. The second-order valence-corrected chi connectivity index (χ2v) is 5.51. The molecule has 0 spiro atoms. The van der Waals surface area contributed by atoms with Crippen LogP contribution in [-0.2, 0) is 0 Å². The molecule has 3 aromatic rings. The van der Waals surface area contributed by atoms with Crippen LogP contribution in [0.15, 0.2) is 42.6 Å². The summed E-state index contributed by atoms with van der Waals surface area (Å²) in [5, 5.41) is 9.65. The van der Waals surface area contributed by atoms with Crippen molar-refractivity contribution in [3.63, 3.8) is 0 Å². The molecule has 2 aromatic heterocycles. The fourth-order valence-corrected chi connectivity index (χ4v) is 2.33. The number of nitrogens with one attached hydrogen (secondary N) is 2. The van der Waals surface area contributed by atoms with Gasteiger partial charge in [-0.25, -0.2) is 4.98 Å². The predicted molar refractivity (Wildman–Crippen MR) is 92.2 cm³/mol. The topological polar surface area (TPSA) is 79.9 Å². The van der Waals surface area contributed by atoms with Crippen molar-refractivity contribution in [2.75, 3.05) is 12.4 Å². The Labute approximate surface area is 139 Å². The number of aryl methyl sites for hydroxylation is 2. The van der Waals surface area contributed by atoms with Crippen LogP contribution in [-0.4, -0.2) is 28.2 Å². The number of carbonyl (C=O) groups excluding carboxylic acids is 1. The Balaban J connectivity index is 1.86. The molecule has 0 aliphatic carbocycles. The lowest BCUT2D eigenvalue weighted by atomic mass is 10.0. The van der Waals surface area contributed by atoms with Gasteiger partial charge in [0.05, 0.1) is 7.11 Å². The van der Waals surface area contributed by atoms with Gasteiger partial charge in [-0.3, -0.25) is 9.89 Å². The monoisotopic (exact) mass is 322 g/mol. The average Bonchev–Trinajstić information content (AvgIpc) is 3.03. The Morgan fingerprint density at radius 2 is 1.92 bits per heavy atom. The van der Waals surface area contributed by atoms with Gasteiger partial charge in [-0.2, -0.15) is 5.10 Å². The third-order valence-corrected chi connectivity index (χ3v) is 3.70. The zero-order valence-electron chi connectivity index (χ0n) is 13.8. The molecule has 0 bridgehead atoms. The zero-order chi connectivity index (χ0) is 17.1. The molecule has 2 heterocycles. The minimum Gasteiger partial charge on any atom is -0.481 e. The van der Waals surface area contributed by atoms with Crippen molar-refractivity contribution in [2.45, 2.75) is 13.8 Å². The summed E-state index contributed by atoms with van der Waals surface area (Å²) in [6.45, 7) is 3.80. The molecule has 0 atom stereocenters. The Bertz CT molecular complexity index is 869. The summed E-state index contributed by atoms with van der Waals surface area (Å²) in [5.41, 5.74) is 4.83. The number of nitrogens with zero attached hydrogens (tertiary/aromatic N) is 2. The van der Waals surface area contributed by atoms with E-state index in [9.17, 15) is 4.79 Å². The molecular weight excluding hydrogens is 304 g/mol. The van der Waals surface area contributed by atoms with Crippen molar-refractivity contribution < 1.29 is 9.53 Å². The normalized spacial score (nSPS) is 10.5. The van der Waals surface area contributed by atoms with E-state index in [1.54, 1.807) is 25.4 Å². The third kappa shape index (κ3) is 3.27. The maximum Gasteiger partial charge on any atom is 0.276 e. The smallest absolute Gasteiger partial charge is 0.276 e. The van der Waals surface area contributed by atoms with Gasteiger partial charge in [0.2, 0.25) is 5.88 Å². The highest BCUT2D eigenvalue weighted by molar-refractivity contribution is 6.03. The van der Waals surface area contributed by atoms with Crippen molar-refractivity contribution in [2.24, 2.45) is 0 Å². The largest absolute Gasteiger partial charge is 0.481 e. The number of amides is 1. The number of hydrogen-bond donors (Lipinski definition) is 2. The van der Waals surface area contributed by atoms with Crippen LogP contribution in [0.25, 0.3) is 11.1 Å².